The average Bonchev–Trinajstić information content (AvgIpc) is 2.97. The Bertz CT molecular complexity index is 565. The number of hydrogen-bond acceptors (Lipinski definition) is 4. The number of rotatable bonds is 7. The quantitative estimate of drug-likeness (QED) is 0.685. The Labute approximate surface area is 162 Å². The first-order valence-corrected chi connectivity index (χ1v) is 10.3. The van der Waals surface area contributed by atoms with Gasteiger partial charge in [0.1, 0.15) is 11.6 Å². The number of amides is 1. The minimum atomic E-state index is -0.241. The maximum absolute atomic E-state index is 12.9. The highest BCUT2D eigenvalue weighted by Gasteiger charge is 2.22. The Balaban J connectivity index is 1.28. The molecule has 1 aromatic rings. The van der Waals surface area contributed by atoms with Crippen LogP contribution >= 0.6 is 0 Å². The maximum atomic E-state index is 12.9. The number of nitrogens with zero attached hydrogens (tertiary/aromatic N) is 3. The predicted molar refractivity (Wildman–Crippen MR) is 104 cm³/mol. The van der Waals surface area contributed by atoms with Crippen LogP contribution < -0.4 is 4.74 Å². The van der Waals surface area contributed by atoms with Gasteiger partial charge in [-0.1, -0.05) is 12.8 Å². The number of likely N-dealkylation sites (tertiary alicyclic amines) is 1. The highest BCUT2D eigenvalue weighted by atomic mass is 19.1. The highest BCUT2D eigenvalue weighted by Crippen LogP contribution is 2.12. The lowest BCUT2D eigenvalue weighted by atomic mass is 10.2. The van der Waals surface area contributed by atoms with Gasteiger partial charge < -0.3 is 14.5 Å². The lowest BCUT2D eigenvalue weighted by molar-refractivity contribution is -0.132. The van der Waals surface area contributed by atoms with E-state index in [2.05, 4.69) is 14.7 Å². The molecule has 0 N–H and O–H groups in total. The van der Waals surface area contributed by atoms with Crippen LogP contribution in [-0.4, -0.2) is 79.6 Å². The van der Waals surface area contributed by atoms with Gasteiger partial charge in [0, 0.05) is 45.8 Å². The first kappa shape index (κ1) is 20.1. The van der Waals surface area contributed by atoms with Crippen molar-refractivity contribution in [2.24, 2.45) is 0 Å². The van der Waals surface area contributed by atoms with Gasteiger partial charge in [-0.2, -0.15) is 0 Å². The van der Waals surface area contributed by atoms with E-state index in [1.54, 1.807) is 12.1 Å². The number of carbonyl (C=O) groups is 1. The number of carbonyl (C=O) groups excluding carboxylic acids is 1. The third kappa shape index (κ3) is 6.78. The van der Waals surface area contributed by atoms with Crippen molar-refractivity contribution in [2.75, 3.05) is 59.0 Å². The van der Waals surface area contributed by atoms with Crippen molar-refractivity contribution in [3.05, 3.63) is 30.1 Å². The van der Waals surface area contributed by atoms with E-state index in [0.29, 0.717) is 24.8 Å². The summed E-state index contributed by atoms with van der Waals surface area (Å²) in [7, 11) is 0. The third-order valence-corrected chi connectivity index (χ3v) is 5.48. The zero-order valence-electron chi connectivity index (χ0n) is 16.2. The molecule has 1 amide bonds. The summed E-state index contributed by atoms with van der Waals surface area (Å²) >= 11 is 0. The van der Waals surface area contributed by atoms with E-state index in [1.807, 2.05) is 0 Å². The van der Waals surface area contributed by atoms with E-state index in [9.17, 15) is 9.18 Å². The number of hydrogen-bond donors (Lipinski definition) is 0. The van der Waals surface area contributed by atoms with Crippen molar-refractivity contribution < 1.29 is 13.9 Å². The number of halogens is 1. The maximum Gasteiger partial charge on any atom is 0.236 e. The first-order chi connectivity index (χ1) is 13.2. The fraction of sp³-hybridized carbons (Fsp3) is 0.667. The van der Waals surface area contributed by atoms with Crippen LogP contribution in [0.25, 0.3) is 0 Å². The Morgan fingerprint density at radius 1 is 0.889 bits per heavy atom. The van der Waals surface area contributed by atoms with E-state index in [0.717, 1.165) is 65.1 Å². The largest absolute Gasteiger partial charge is 0.494 e. The topological polar surface area (TPSA) is 36.0 Å². The summed E-state index contributed by atoms with van der Waals surface area (Å²) in [5.74, 6) is 0.779. The SMILES string of the molecule is O=C(CN1CCN(CCCOc2ccc(F)cc2)CC1)N1CCCCCC1. The molecule has 3 rings (SSSR count). The van der Waals surface area contributed by atoms with Crippen LogP contribution in [-0.2, 0) is 4.79 Å². The van der Waals surface area contributed by atoms with Gasteiger partial charge in [0.15, 0.2) is 0 Å². The van der Waals surface area contributed by atoms with Gasteiger partial charge in [-0.25, -0.2) is 4.39 Å². The molecule has 0 bridgehead atoms. The molecule has 0 aromatic heterocycles. The molecule has 27 heavy (non-hydrogen) atoms. The molecule has 2 heterocycles. The van der Waals surface area contributed by atoms with Crippen molar-refractivity contribution in [2.45, 2.75) is 32.1 Å². The number of ether oxygens (including phenoxy) is 1. The van der Waals surface area contributed by atoms with Gasteiger partial charge >= 0.3 is 0 Å². The van der Waals surface area contributed by atoms with E-state index in [-0.39, 0.29) is 5.82 Å². The minimum absolute atomic E-state index is 0.241. The van der Waals surface area contributed by atoms with Crippen LogP contribution in [0.1, 0.15) is 32.1 Å². The summed E-state index contributed by atoms with van der Waals surface area (Å²) in [6.07, 6.45) is 5.77. The normalized spacial score (nSPS) is 19.7. The standard InChI is InChI=1S/C21H32FN3O2/c22-19-6-8-20(9-7-19)27-17-5-10-23-13-15-24(16-14-23)18-21(26)25-11-3-1-2-4-12-25/h6-9H,1-5,10-18H2. The molecular weight excluding hydrogens is 345 g/mol. The summed E-state index contributed by atoms with van der Waals surface area (Å²) in [4.78, 5) is 19.3. The van der Waals surface area contributed by atoms with Crippen LogP contribution in [0.5, 0.6) is 5.75 Å². The highest BCUT2D eigenvalue weighted by molar-refractivity contribution is 5.78. The second-order valence-electron chi connectivity index (χ2n) is 7.57. The van der Waals surface area contributed by atoms with Crippen molar-refractivity contribution in [1.29, 1.82) is 0 Å². The average molecular weight is 378 g/mol. The molecule has 6 heteroatoms. The Kier molecular flexibility index (Phi) is 7.90. The van der Waals surface area contributed by atoms with Gasteiger partial charge in [-0.3, -0.25) is 9.69 Å². The van der Waals surface area contributed by atoms with Crippen LogP contribution in [0.3, 0.4) is 0 Å². The molecule has 0 spiro atoms. The fourth-order valence-electron chi connectivity index (χ4n) is 3.79. The molecule has 2 aliphatic heterocycles. The van der Waals surface area contributed by atoms with Crippen LogP contribution in [0.15, 0.2) is 24.3 Å². The summed E-state index contributed by atoms with van der Waals surface area (Å²) < 4.78 is 18.5. The van der Waals surface area contributed by atoms with Crippen LogP contribution in [0, 0.1) is 5.82 Å². The predicted octanol–water partition coefficient (Wildman–Crippen LogP) is 2.61. The fourth-order valence-corrected chi connectivity index (χ4v) is 3.79. The molecule has 0 atom stereocenters. The second-order valence-corrected chi connectivity index (χ2v) is 7.57. The molecule has 0 radical (unpaired) electrons. The van der Waals surface area contributed by atoms with Crippen molar-refractivity contribution in [1.82, 2.24) is 14.7 Å². The summed E-state index contributed by atoms with van der Waals surface area (Å²) in [5, 5.41) is 0. The second kappa shape index (κ2) is 10.6. The van der Waals surface area contributed by atoms with E-state index in [4.69, 9.17) is 4.74 Å². The lowest BCUT2D eigenvalue weighted by Crippen LogP contribution is -2.50. The zero-order chi connectivity index (χ0) is 18.9. The summed E-state index contributed by atoms with van der Waals surface area (Å²) in [6.45, 7) is 8.00. The van der Waals surface area contributed by atoms with Crippen molar-refractivity contribution >= 4 is 5.91 Å². The molecule has 2 fully saturated rings. The van der Waals surface area contributed by atoms with E-state index >= 15 is 0 Å². The molecule has 2 saturated heterocycles. The molecule has 0 saturated carbocycles. The Hall–Kier alpha value is -1.66. The van der Waals surface area contributed by atoms with Gasteiger partial charge in [0.25, 0.3) is 0 Å². The molecule has 150 valence electrons. The Morgan fingerprint density at radius 3 is 2.19 bits per heavy atom. The van der Waals surface area contributed by atoms with Gasteiger partial charge in [0.05, 0.1) is 13.2 Å². The van der Waals surface area contributed by atoms with Crippen molar-refractivity contribution in [3.63, 3.8) is 0 Å². The van der Waals surface area contributed by atoms with Gasteiger partial charge in [0.2, 0.25) is 5.91 Å². The zero-order valence-corrected chi connectivity index (χ0v) is 16.2. The third-order valence-electron chi connectivity index (χ3n) is 5.48. The minimum Gasteiger partial charge on any atom is -0.494 e. The van der Waals surface area contributed by atoms with Crippen molar-refractivity contribution in [3.8, 4) is 5.75 Å². The summed E-state index contributed by atoms with van der Waals surface area (Å²) in [6, 6.07) is 6.16. The van der Waals surface area contributed by atoms with E-state index < -0.39 is 0 Å². The molecule has 5 nitrogen and oxygen atoms in total. The molecule has 2 aliphatic rings. The van der Waals surface area contributed by atoms with Gasteiger partial charge in [-0.05, 0) is 43.5 Å². The first-order valence-electron chi connectivity index (χ1n) is 10.3. The van der Waals surface area contributed by atoms with E-state index in [1.165, 1.54) is 25.0 Å². The monoisotopic (exact) mass is 377 g/mol. The molecule has 0 unspecified atom stereocenters. The smallest absolute Gasteiger partial charge is 0.236 e. The molecular formula is C21H32FN3O2. The molecule has 0 aliphatic carbocycles. The van der Waals surface area contributed by atoms with Gasteiger partial charge in [-0.15, -0.1) is 0 Å². The number of piperazine rings is 1. The van der Waals surface area contributed by atoms with Crippen LogP contribution in [0.2, 0.25) is 0 Å². The lowest BCUT2D eigenvalue weighted by Gasteiger charge is -2.35. The Morgan fingerprint density at radius 2 is 1.52 bits per heavy atom. The van der Waals surface area contributed by atoms with Crippen LogP contribution in [0.4, 0.5) is 4.39 Å². The summed E-state index contributed by atoms with van der Waals surface area (Å²) in [5.41, 5.74) is 0. The number of benzene rings is 1. The molecule has 1 aromatic carbocycles.